The minimum Gasteiger partial charge on any atom is -0.338 e. The Bertz CT molecular complexity index is 707. The molecule has 0 saturated heterocycles. The normalized spacial score (nSPS) is 13.8. The van der Waals surface area contributed by atoms with Crippen LogP contribution in [0.1, 0.15) is 30.1 Å². The van der Waals surface area contributed by atoms with Gasteiger partial charge in [0, 0.05) is 12.0 Å². The second kappa shape index (κ2) is 5.06. The predicted molar refractivity (Wildman–Crippen MR) is 73.4 cm³/mol. The van der Waals surface area contributed by atoms with Crippen LogP contribution in [0.4, 0.5) is 15.9 Å². The number of nitrogens with zero attached hydrogens (tertiary/aromatic N) is 3. The van der Waals surface area contributed by atoms with Crippen molar-refractivity contribution in [3.8, 4) is 6.07 Å². The zero-order chi connectivity index (χ0) is 14.1. The molecule has 1 heterocycles. The van der Waals surface area contributed by atoms with E-state index in [0.29, 0.717) is 22.7 Å². The number of aromatic nitrogens is 2. The Labute approximate surface area is 120 Å². The van der Waals surface area contributed by atoms with Crippen LogP contribution < -0.4 is 5.32 Å². The zero-order valence-corrected chi connectivity index (χ0v) is 11.2. The summed E-state index contributed by atoms with van der Waals surface area (Å²) in [5.74, 6) is 0.997. The number of hydrogen-bond acceptors (Lipinski definition) is 4. The maximum Gasteiger partial charge on any atom is 0.147 e. The SMILES string of the molecule is N#Cc1ccc(Nc2cc(Cl)nc(C3CC3)n2)c(F)c1. The molecule has 2 aromatic rings. The van der Waals surface area contributed by atoms with E-state index in [2.05, 4.69) is 15.3 Å². The third-order valence-electron chi connectivity index (χ3n) is 3.02. The van der Waals surface area contributed by atoms with Crippen molar-refractivity contribution >= 4 is 23.1 Å². The van der Waals surface area contributed by atoms with E-state index in [0.717, 1.165) is 12.8 Å². The van der Waals surface area contributed by atoms with Gasteiger partial charge in [0.05, 0.1) is 17.3 Å². The van der Waals surface area contributed by atoms with Crippen molar-refractivity contribution in [3.63, 3.8) is 0 Å². The third-order valence-corrected chi connectivity index (χ3v) is 3.21. The molecule has 0 amide bonds. The van der Waals surface area contributed by atoms with Crippen molar-refractivity contribution in [3.05, 3.63) is 46.6 Å². The summed E-state index contributed by atoms with van der Waals surface area (Å²) in [6.07, 6.45) is 2.12. The first-order valence-electron chi connectivity index (χ1n) is 6.17. The van der Waals surface area contributed by atoms with E-state index in [4.69, 9.17) is 16.9 Å². The third kappa shape index (κ3) is 2.70. The fourth-order valence-corrected chi connectivity index (χ4v) is 2.04. The highest BCUT2D eigenvalue weighted by Gasteiger charge is 2.27. The average Bonchev–Trinajstić information content (AvgIpc) is 3.25. The van der Waals surface area contributed by atoms with Crippen molar-refractivity contribution in [2.75, 3.05) is 5.32 Å². The Balaban J connectivity index is 1.89. The molecule has 1 saturated carbocycles. The first-order valence-corrected chi connectivity index (χ1v) is 6.54. The van der Waals surface area contributed by atoms with Gasteiger partial charge in [0.1, 0.15) is 22.6 Å². The van der Waals surface area contributed by atoms with Gasteiger partial charge < -0.3 is 5.32 Å². The van der Waals surface area contributed by atoms with Crippen LogP contribution in [0.25, 0.3) is 0 Å². The van der Waals surface area contributed by atoms with Crippen LogP contribution in [0.2, 0.25) is 5.15 Å². The molecule has 1 fully saturated rings. The average molecular weight is 289 g/mol. The lowest BCUT2D eigenvalue weighted by Gasteiger charge is -2.08. The number of nitrogens with one attached hydrogen (secondary N) is 1. The molecular formula is C14H10ClFN4. The van der Waals surface area contributed by atoms with Crippen molar-refractivity contribution < 1.29 is 4.39 Å². The first kappa shape index (κ1) is 12.8. The summed E-state index contributed by atoms with van der Waals surface area (Å²) in [6, 6.07) is 7.64. The highest BCUT2D eigenvalue weighted by molar-refractivity contribution is 6.29. The molecule has 0 radical (unpaired) electrons. The Morgan fingerprint density at radius 2 is 2.10 bits per heavy atom. The van der Waals surface area contributed by atoms with Gasteiger partial charge in [-0.3, -0.25) is 0 Å². The summed E-state index contributed by atoms with van der Waals surface area (Å²) in [6.45, 7) is 0. The topological polar surface area (TPSA) is 61.6 Å². The van der Waals surface area contributed by atoms with Crippen LogP contribution in [0, 0.1) is 17.1 Å². The number of benzene rings is 1. The van der Waals surface area contributed by atoms with Crippen molar-refractivity contribution in [1.29, 1.82) is 5.26 Å². The van der Waals surface area contributed by atoms with Crippen LogP contribution in [0.15, 0.2) is 24.3 Å². The molecule has 1 aliphatic carbocycles. The standard InChI is InChI=1S/C14H10ClFN4/c15-12-6-13(20-14(19-12)9-2-3-9)18-11-4-1-8(7-17)5-10(11)16/h1,4-6,9H,2-3H2,(H,18,19,20). The van der Waals surface area contributed by atoms with E-state index in [1.54, 1.807) is 6.07 Å². The van der Waals surface area contributed by atoms with Crippen LogP contribution in [-0.2, 0) is 0 Å². The second-order valence-corrected chi connectivity index (χ2v) is 5.03. The van der Waals surface area contributed by atoms with Gasteiger partial charge in [0.15, 0.2) is 0 Å². The monoisotopic (exact) mass is 288 g/mol. The molecule has 100 valence electrons. The van der Waals surface area contributed by atoms with Gasteiger partial charge in [-0.1, -0.05) is 11.6 Å². The highest BCUT2D eigenvalue weighted by Crippen LogP contribution is 2.39. The summed E-state index contributed by atoms with van der Waals surface area (Å²) < 4.78 is 13.8. The molecule has 0 atom stereocenters. The molecule has 1 aromatic carbocycles. The Kier molecular flexibility index (Phi) is 3.25. The molecule has 1 aromatic heterocycles. The lowest BCUT2D eigenvalue weighted by Crippen LogP contribution is -2.01. The van der Waals surface area contributed by atoms with Crippen LogP contribution >= 0.6 is 11.6 Å². The largest absolute Gasteiger partial charge is 0.338 e. The van der Waals surface area contributed by atoms with Crippen molar-refractivity contribution in [1.82, 2.24) is 9.97 Å². The molecule has 3 rings (SSSR count). The summed E-state index contributed by atoms with van der Waals surface area (Å²) >= 11 is 5.95. The minimum absolute atomic E-state index is 0.250. The van der Waals surface area contributed by atoms with Crippen LogP contribution in [0.3, 0.4) is 0 Å². The molecule has 6 heteroatoms. The molecule has 1 aliphatic rings. The first-order chi connectivity index (χ1) is 9.65. The fraction of sp³-hybridized carbons (Fsp3) is 0.214. The van der Waals surface area contributed by atoms with Gasteiger partial charge >= 0.3 is 0 Å². The van der Waals surface area contributed by atoms with Gasteiger partial charge in [-0.05, 0) is 31.0 Å². The molecule has 4 nitrogen and oxygen atoms in total. The zero-order valence-electron chi connectivity index (χ0n) is 10.4. The van der Waals surface area contributed by atoms with E-state index in [-0.39, 0.29) is 11.3 Å². The van der Waals surface area contributed by atoms with Gasteiger partial charge in [-0.15, -0.1) is 0 Å². The number of nitriles is 1. The Morgan fingerprint density at radius 3 is 2.75 bits per heavy atom. The van der Waals surface area contributed by atoms with Crippen molar-refractivity contribution in [2.24, 2.45) is 0 Å². The maximum absolute atomic E-state index is 13.8. The van der Waals surface area contributed by atoms with Gasteiger partial charge in [-0.25, -0.2) is 14.4 Å². The van der Waals surface area contributed by atoms with E-state index < -0.39 is 5.82 Å². The number of halogens is 2. The van der Waals surface area contributed by atoms with E-state index in [1.807, 2.05) is 6.07 Å². The number of rotatable bonds is 3. The quantitative estimate of drug-likeness (QED) is 0.874. The predicted octanol–water partition coefficient (Wildman–Crippen LogP) is 3.76. The van der Waals surface area contributed by atoms with Crippen LogP contribution in [0.5, 0.6) is 0 Å². The molecule has 0 unspecified atom stereocenters. The lowest BCUT2D eigenvalue weighted by atomic mass is 10.2. The van der Waals surface area contributed by atoms with Crippen molar-refractivity contribution in [2.45, 2.75) is 18.8 Å². The van der Waals surface area contributed by atoms with Crippen LogP contribution in [-0.4, -0.2) is 9.97 Å². The number of anilines is 2. The second-order valence-electron chi connectivity index (χ2n) is 4.64. The Hall–Kier alpha value is -2.19. The number of hydrogen-bond donors (Lipinski definition) is 1. The molecular weight excluding hydrogens is 279 g/mol. The lowest BCUT2D eigenvalue weighted by molar-refractivity contribution is 0.631. The molecule has 20 heavy (non-hydrogen) atoms. The summed E-state index contributed by atoms with van der Waals surface area (Å²) in [4.78, 5) is 8.50. The minimum atomic E-state index is -0.508. The summed E-state index contributed by atoms with van der Waals surface area (Å²) in [5, 5.41) is 11.9. The van der Waals surface area contributed by atoms with E-state index in [9.17, 15) is 4.39 Å². The van der Waals surface area contributed by atoms with Gasteiger partial charge in [0.2, 0.25) is 0 Å². The summed E-state index contributed by atoms with van der Waals surface area (Å²) in [5.41, 5.74) is 0.521. The summed E-state index contributed by atoms with van der Waals surface area (Å²) in [7, 11) is 0. The smallest absolute Gasteiger partial charge is 0.147 e. The van der Waals surface area contributed by atoms with E-state index in [1.165, 1.54) is 18.2 Å². The Morgan fingerprint density at radius 1 is 1.30 bits per heavy atom. The van der Waals surface area contributed by atoms with Gasteiger partial charge in [0.25, 0.3) is 0 Å². The molecule has 1 N–H and O–H groups in total. The maximum atomic E-state index is 13.8. The molecule has 0 bridgehead atoms. The van der Waals surface area contributed by atoms with Gasteiger partial charge in [-0.2, -0.15) is 5.26 Å². The molecule has 0 spiro atoms. The molecule has 0 aliphatic heterocycles. The fourth-order valence-electron chi connectivity index (χ4n) is 1.85. The van der Waals surface area contributed by atoms with E-state index >= 15 is 0 Å². The highest BCUT2D eigenvalue weighted by atomic mass is 35.5.